The molecule has 0 bridgehead atoms. The number of carbonyl (C=O) groups excluding carboxylic acids is 1. The first-order valence-corrected chi connectivity index (χ1v) is 7.22. The minimum Gasteiger partial charge on any atom is -0.325 e. The van der Waals surface area contributed by atoms with Gasteiger partial charge in [-0.3, -0.25) is 4.79 Å². The van der Waals surface area contributed by atoms with Gasteiger partial charge in [-0.25, -0.2) is 4.39 Å². The average Bonchev–Trinajstić information content (AvgIpc) is 2.83. The lowest BCUT2D eigenvalue weighted by molar-refractivity contribution is -0.126. The number of hydrogen-bond acceptors (Lipinski definition) is 2. The second-order valence-corrected chi connectivity index (χ2v) is 6.17. The Bertz CT molecular complexity index is 484. The van der Waals surface area contributed by atoms with Crippen molar-refractivity contribution < 1.29 is 9.18 Å². The van der Waals surface area contributed by atoms with Crippen molar-refractivity contribution in [1.82, 2.24) is 5.32 Å². The van der Waals surface area contributed by atoms with E-state index in [0.29, 0.717) is 16.7 Å². The molecule has 0 aromatic heterocycles. The van der Waals surface area contributed by atoms with Gasteiger partial charge in [0.2, 0.25) is 5.91 Å². The zero-order chi connectivity index (χ0) is 14.0. The molecule has 1 atom stereocenters. The van der Waals surface area contributed by atoms with Gasteiger partial charge < -0.3 is 10.6 Å². The molecule has 1 aromatic rings. The Morgan fingerprint density at radius 1 is 1.53 bits per heavy atom. The first-order chi connectivity index (χ1) is 8.95. The van der Waals surface area contributed by atoms with Gasteiger partial charge in [0, 0.05) is 11.0 Å². The minimum absolute atomic E-state index is 0.000178. The summed E-state index contributed by atoms with van der Waals surface area (Å²) in [6.45, 7) is 5.67. The van der Waals surface area contributed by atoms with Crippen LogP contribution in [-0.2, 0) is 4.79 Å². The molecule has 1 saturated heterocycles. The van der Waals surface area contributed by atoms with Crippen molar-refractivity contribution in [2.75, 3.05) is 18.4 Å². The molecule has 2 N–H and O–H groups in total. The van der Waals surface area contributed by atoms with Gasteiger partial charge in [0.05, 0.1) is 11.1 Å². The maximum Gasteiger partial charge on any atom is 0.232 e. The lowest BCUT2D eigenvalue weighted by Gasteiger charge is -2.31. The molecule has 0 aliphatic carbocycles. The summed E-state index contributed by atoms with van der Waals surface area (Å²) in [6, 6.07) is 4.27. The number of rotatable bonds is 3. The molecule has 1 unspecified atom stereocenters. The molecule has 1 aromatic carbocycles. The van der Waals surface area contributed by atoms with Crippen molar-refractivity contribution in [2.45, 2.75) is 20.3 Å². The summed E-state index contributed by atoms with van der Waals surface area (Å²) in [7, 11) is 0. The van der Waals surface area contributed by atoms with Crippen LogP contribution in [0, 0.1) is 17.2 Å². The summed E-state index contributed by atoms with van der Waals surface area (Å²) in [5.41, 5.74) is 0.228. The second-order valence-electron chi connectivity index (χ2n) is 5.32. The van der Waals surface area contributed by atoms with Crippen LogP contribution < -0.4 is 10.6 Å². The zero-order valence-corrected chi connectivity index (χ0v) is 12.7. The van der Waals surface area contributed by atoms with E-state index in [-0.39, 0.29) is 23.1 Å². The highest BCUT2D eigenvalue weighted by molar-refractivity contribution is 9.10. The summed E-state index contributed by atoms with van der Waals surface area (Å²) in [5.74, 6) is -0.0764. The van der Waals surface area contributed by atoms with Crippen LogP contribution in [-0.4, -0.2) is 19.0 Å². The number of amides is 1. The average molecular weight is 329 g/mol. The van der Waals surface area contributed by atoms with E-state index in [1.165, 1.54) is 12.1 Å². The predicted molar refractivity (Wildman–Crippen MR) is 77.5 cm³/mol. The summed E-state index contributed by atoms with van der Waals surface area (Å²) in [5, 5.41) is 6.16. The van der Waals surface area contributed by atoms with Gasteiger partial charge in [-0.15, -0.1) is 0 Å². The van der Waals surface area contributed by atoms with Crippen LogP contribution in [0.5, 0.6) is 0 Å². The van der Waals surface area contributed by atoms with Crippen LogP contribution in [0.3, 0.4) is 0 Å². The van der Waals surface area contributed by atoms with E-state index in [9.17, 15) is 9.18 Å². The Labute approximate surface area is 121 Å². The number of nitrogens with one attached hydrogen (secondary N) is 2. The number of anilines is 1. The molecule has 5 heteroatoms. The maximum absolute atomic E-state index is 13.0. The SMILES string of the molecule is CC(C)C1(C(=O)Nc2ccc(F)cc2Br)CCNC1. The Morgan fingerprint density at radius 2 is 2.26 bits per heavy atom. The zero-order valence-electron chi connectivity index (χ0n) is 11.1. The van der Waals surface area contributed by atoms with Crippen molar-refractivity contribution >= 4 is 27.5 Å². The molecular formula is C14H18BrFN2O. The van der Waals surface area contributed by atoms with Gasteiger partial charge in [-0.05, 0) is 53.0 Å². The highest BCUT2D eigenvalue weighted by Gasteiger charge is 2.43. The van der Waals surface area contributed by atoms with Crippen molar-refractivity contribution in [3.63, 3.8) is 0 Å². The largest absolute Gasteiger partial charge is 0.325 e. The summed E-state index contributed by atoms with van der Waals surface area (Å²) in [4.78, 5) is 12.5. The lowest BCUT2D eigenvalue weighted by atomic mass is 9.75. The third-order valence-electron chi connectivity index (χ3n) is 3.93. The van der Waals surface area contributed by atoms with Crippen molar-refractivity contribution in [3.05, 3.63) is 28.5 Å². The van der Waals surface area contributed by atoms with Crippen molar-refractivity contribution in [1.29, 1.82) is 0 Å². The standard InChI is InChI=1S/C14H18BrFN2O/c1-9(2)14(5-6-17-8-14)13(19)18-12-4-3-10(16)7-11(12)15/h3-4,7,9,17H,5-6,8H2,1-2H3,(H,18,19). The molecule has 3 nitrogen and oxygen atoms in total. The number of hydrogen-bond donors (Lipinski definition) is 2. The van der Waals surface area contributed by atoms with Crippen molar-refractivity contribution in [3.8, 4) is 0 Å². The topological polar surface area (TPSA) is 41.1 Å². The highest BCUT2D eigenvalue weighted by atomic mass is 79.9. The number of halogens is 2. The molecule has 1 fully saturated rings. The first kappa shape index (κ1) is 14.5. The van der Waals surface area contributed by atoms with Gasteiger partial charge in [0.15, 0.2) is 0 Å². The second kappa shape index (κ2) is 5.59. The fourth-order valence-corrected chi connectivity index (χ4v) is 2.95. The molecule has 0 saturated carbocycles. The van der Waals surface area contributed by atoms with Crippen LogP contribution >= 0.6 is 15.9 Å². The molecule has 1 aliphatic rings. The highest BCUT2D eigenvalue weighted by Crippen LogP contribution is 2.36. The van der Waals surface area contributed by atoms with Crippen LogP contribution in [0.15, 0.2) is 22.7 Å². The monoisotopic (exact) mass is 328 g/mol. The van der Waals surface area contributed by atoms with E-state index in [1.807, 2.05) is 0 Å². The van der Waals surface area contributed by atoms with Crippen LogP contribution in [0.1, 0.15) is 20.3 Å². The fourth-order valence-electron chi connectivity index (χ4n) is 2.50. The van der Waals surface area contributed by atoms with E-state index in [0.717, 1.165) is 13.0 Å². The first-order valence-electron chi connectivity index (χ1n) is 6.43. The van der Waals surface area contributed by atoms with Gasteiger partial charge >= 0.3 is 0 Å². The third kappa shape index (κ3) is 2.82. The molecule has 0 spiro atoms. The minimum atomic E-state index is -0.381. The fraction of sp³-hybridized carbons (Fsp3) is 0.500. The van der Waals surface area contributed by atoms with Crippen LogP contribution in [0.25, 0.3) is 0 Å². The van der Waals surface area contributed by atoms with E-state index in [4.69, 9.17) is 0 Å². The molecule has 104 valence electrons. The molecule has 19 heavy (non-hydrogen) atoms. The van der Waals surface area contributed by atoms with Gasteiger partial charge in [0.1, 0.15) is 5.82 Å². The number of carbonyl (C=O) groups is 1. The van der Waals surface area contributed by atoms with E-state index < -0.39 is 0 Å². The Morgan fingerprint density at radius 3 is 2.79 bits per heavy atom. The molecule has 1 heterocycles. The lowest BCUT2D eigenvalue weighted by Crippen LogP contribution is -2.42. The Kier molecular flexibility index (Phi) is 4.26. The molecule has 2 rings (SSSR count). The van der Waals surface area contributed by atoms with E-state index >= 15 is 0 Å². The summed E-state index contributed by atoms with van der Waals surface area (Å²) >= 11 is 3.27. The van der Waals surface area contributed by atoms with Gasteiger partial charge in [0.25, 0.3) is 0 Å². The Balaban J connectivity index is 2.20. The summed E-state index contributed by atoms with van der Waals surface area (Å²) in [6.07, 6.45) is 0.829. The molecule has 1 amide bonds. The predicted octanol–water partition coefficient (Wildman–Crippen LogP) is 3.16. The van der Waals surface area contributed by atoms with Gasteiger partial charge in [-0.1, -0.05) is 13.8 Å². The third-order valence-corrected chi connectivity index (χ3v) is 4.58. The smallest absolute Gasteiger partial charge is 0.232 e. The van der Waals surface area contributed by atoms with Crippen LogP contribution in [0.2, 0.25) is 0 Å². The van der Waals surface area contributed by atoms with Gasteiger partial charge in [-0.2, -0.15) is 0 Å². The quantitative estimate of drug-likeness (QED) is 0.894. The molecular weight excluding hydrogens is 311 g/mol. The maximum atomic E-state index is 13.0. The summed E-state index contributed by atoms with van der Waals surface area (Å²) < 4.78 is 13.6. The van der Waals surface area contributed by atoms with E-state index in [2.05, 4.69) is 40.4 Å². The number of benzene rings is 1. The van der Waals surface area contributed by atoms with E-state index in [1.54, 1.807) is 6.07 Å². The normalized spacial score (nSPS) is 22.8. The molecule has 0 radical (unpaired) electrons. The van der Waals surface area contributed by atoms with Crippen LogP contribution in [0.4, 0.5) is 10.1 Å². The Hall–Kier alpha value is -0.940. The molecule has 1 aliphatic heterocycles. The van der Waals surface area contributed by atoms with Crippen molar-refractivity contribution in [2.24, 2.45) is 11.3 Å².